The molecule has 2 N–H and O–H groups in total. The standard InChI is InChI=1S/C16H17ClFN/c17-15-11-14(18)10-9-12(15)7-4-8-16(19)13-5-2-1-3-6-13/h1-3,5-6,9-11,16H,4,7-8,19H2. The molecule has 3 heteroatoms. The second kappa shape index (κ2) is 6.69. The summed E-state index contributed by atoms with van der Waals surface area (Å²) in [5.41, 5.74) is 8.25. The normalized spacial score (nSPS) is 12.4. The van der Waals surface area contributed by atoms with E-state index in [4.69, 9.17) is 17.3 Å². The van der Waals surface area contributed by atoms with Crippen LogP contribution >= 0.6 is 11.6 Å². The number of hydrogen-bond acceptors (Lipinski definition) is 1. The molecule has 0 bridgehead atoms. The highest BCUT2D eigenvalue weighted by Crippen LogP contribution is 2.21. The zero-order valence-electron chi connectivity index (χ0n) is 10.7. The van der Waals surface area contributed by atoms with Crippen LogP contribution in [0, 0.1) is 5.82 Å². The van der Waals surface area contributed by atoms with Crippen LogP contribution in [-0.4, -0.2) is 0 Å². The Morgan fingerprint density at radius 1 is 1.11 bits per heavy atom. The quantitative estimate of drug-likeness (QED) is 0.855. The summed E-state index contributed by atoms with van der Waals surface area (Å²) in [6, 6.07) is 14.6. The molecule has 0 aliphatic rings. The van der Waals surface area contributed by atoms with Gasteiger partial charge in [0.2, 0.25) is 0 Å². The minimum absolute atomic E-state index is 0.0421. The van der Waals surface area contributed by atoms with Crippen LogP contribution in [0.1, 0.15) is 30.0 Å². The molecule has 1 unspecified atom stereocenters. The minimum atomic E-state index is -0.297. The maximum Gasteiger partial charge on any atom is 0.124 e. The summed E-state index contributed by atoms with van der Waals surface area (Å²) in [6.07, 6.45) is 2.64. The maximum atomic E-state index is 12.9. The van der Waals surface area contributed by atoms with Crippen molar-refractivity contribution in [2.24, 2.45) is 5.73 Å². The molecule has 0 aromatic heterocycles. The lowest BCUT2D eigenvalue weighted by Gasteiger charge is -2.12. The average Bonchev–Trinajstić information content (AvgIpc) is 2.42. The zero-order chi connectivity index (χ0) is 13.7. The Morgan fingerprint density at radius 3 is 2.53 bits per heavy atom. The van der Waals surface area contributed by atoms with Crippen molar-refractivity contribution < 1.29 is 4.39 Å². The molecule has 2 aromatic rings. The molecule has 100 valence electrons. The molecule has 0 radical (unpaired) electrons. The lowest BCUT2D eigenvalue weighted by molar-refractivity contribution is 0.608. The molecule has 0 fully saturated rings. The molecule has 2 rings (SSSR count). The number of nitrogens with two attached hydrogens (primary N) is 1. The van der Waals surface area contributed by atoms with Crippen LogP contribution in [-0.2, 0) is 6.42 Å². The van der Waals surface area contributed by atoms with E-state index in [-0.39, 0.29) is 11.9 Å². The fourth-order valence-electron chi connectivity index (χ4n) is 2.10. The maximum absolute atomic E-state index is 12.9. The van der Waals surface area contributed by atoms with Crippen molar-refractivity contribution in [1.29, 1.82) is 0 Å². The van der Waals surface area contributed by atoms with Crippen molar-refractivity contribution >= 4 is 11.6 Å². The number of rotatable bonds is 5. The van der Waals surface area contributed by atoms with Gasteiger partial charge in [0.25, 0.3) is 0 Å². The van der Waals surface area contributed by atoms with Gasteiger partial charge in [-0.2, -0.15) is 0 Å². The van der Waals surface area contributed by atoms with Gasteiger partial charge < -0.3 is 5.73 Å². The Labute approximate surface area is 118 Å². The lowest BCUT2D eigenvalue weighted by Crippen LogP contribution is -2.10. The summed E-state index contributed by atoms with van der Waals surface area (Å²) in [6.45, 7) is 0. The fraction of sp³-hybridized carbons (Fsp3) is 0.250. The van der Waals surface area contributed by atoms with E-state index in [2.05, 4.69) is 0 Å². The highest BCUT2D eigenvalue weighted by Gasteiger charge is 2.06. The van der Waals surface area contributed by atoms with Crippen LogP contribution in [0.15, 0.2) is 48.5 Å². The minimum Gasteiger partial charge on any atom is -0.324 e. The first-order valence-corrected chi connectivity index (χ1v) is 6.79. The van der Waals surface area contributed by atoms with Gasteiger partial charge in [0, 0.05) is 11.1 Å². The van der Waals surface area contributed by atoms with E-state index in [1.165, 1.54) is 12.1 Å². The number of aryl methyl sites for hydroxylation is 1. The van der Waals surface area contributed by atoms with Gasteiger partial charge in [0.15, 0.2) is 0 Å². The monoisotopic (exact) mass is 277 g/mol. The van der Waals surface area contributed by atoms with Crippen LogP contribution in [0.5, 0.6) is 0 Å². The van der Waals surface area contributed by atoms with E-state index in [0.717, 1.165) is 30.4 Å². The summed E-state index contributed by atoms with van der Waals surface area (Å²) in [4.78, 5) is 0. The summed E-state index contributed by atoms with van der Waals surface area (Å²) < 4.78 is 12.9. The first kappa shape index (κ1) is 14.0. The van der Waals surface area contributed by atoms with Crippen LogP contribution in [0.25, 0.3) is 0 Å². The van der Waals surface area contributed by atoms with Crippen molar-refractivity contribution in [1.82, 2.24) is 0 Å². The number of halogens is 2. The molecular weight excluding hydrogens is 261 g/mol. The van der Waals surface area contributed by atoms with Gasteiger partial charge in [-0.15, -0.1) is 0 Å². The van der Waals surface area contributed by atoms with E-state index < -0.39 is 0 Å². The van der Waals surface area contributed by atoms with Crippen LogP contribution in [0.3, 0.4) is 0 Å². The molecule has 1 nitrogen and oxygen atoms in total. The molecular formula is C16H17ClFN. The van der Waals surface area contributed by atoms with Gasteiger partial charge in [-0.05, 0) is 42.5 Å². The van der Waals surface area contributed by atoms with Crippen LogP contribution in [0.4, 0.5) is 4.39 Å². The van der Waals surface area contributed by atoms with E-state index >= 15 is 0 Å². The van der Waals surface area contributed by atoms with Gasteiger partial charge in [-0.25, -0.2) is 4.39 Å². The van der Waals surface area contributed by atoms with E-state index in [1.807, 2.05) is 30.3 Å². The molecule has 19 heavy (non-hydrogen) atoms. The van der Waals surface area contributed by atoms with E-state index in [9.17, 15) is 4.39 Å². The lowest BCUT2D eigenvalue weighted by atomic mass is 10.00. The molecule has 0 heterocycles. The smallest absolute Gasteiger partial charge is 0.124 e. The Balaban J connectivity index is 1.86. The molecule has 2 aromatic carbocycles. The van der Waals surface area contributed by atoms with E-state index in [1.54, 1.807) is 6.07 Å². The summed E-state index contributed by atoms with van der Waals surface area (Å²) >= 11 is 5.99. The largest absolute Gasteiger partial charge is 0.324 e. The van der Waals surface area contributed by atoms with Crippen LogP contribution in [0.2, 0.25) is 5.02 Å². The first-order valence-electron chi connectivity index (χ1n) is 6.41. The van der Waals surface area contributed by atoms with Gasteiger partial charge in [-0.3, -0.25) is 0 Å². The predicted octanol–water partition coefficient (Wildman–Crippen LogP) is 4.50. The van der Waals surface area contributed by atoms with Crippen molar-refractivity contribution in [2.75, 3.05) is 0 Å². The zero-order valence-corrected chi connectivity index (χ0v) is 11.4. The van der Waals surface area contributed by atoms with Gasteiger partial charge >= 0.3 is 0 Å². The van der Waals surface area contributed by atoms with Crippen molar-refractivity contribution in [3.63, 3.8) is 0 Å². The molecule has 0 aliphatic carbocycles. The second-order valence-corrected chi connectivity index (χ2v) is 5.05. The summed E-state index contributed by atoms with van der Waals surface area (Å²) in [5, 5.41) is 0.494. The molecule has 0 aliphatic heterocycles. The third-order valence-electron chi connectivity index (χ3n) is 3.20. The Hall–Kier alpha value is -1.38. The summed E-state index contributed by atoms with van der Waals surface area (Å²) in [7, 11) is 0. The Kier molecular flexibility index (Phi) is 4.94. The Morgan fingerprint density at radius 2 is 1.84 bits per heavy atom. The fourth-order valence-corrected chi connectivity index (χ4v) is 2.37. The van der Waals surface area contributed by atoms with Gasteiger partial charge in [0.1, 0.15) is 5.82 Å². The van der Waals surface area contributed by atoms with Crippen molar-refractivity contribution in [3.8, 4) is 0 Å². The molecule has 1 atom stereocenters. The SMILES string of the molecule is NC(CCCc1ccc(F)cc1Cl)c1ccccc1. The molecule has 0 spiro atoms. The third kappa shape index (κ3) is 4.05. The Bertz CT molecular complexity index is 528. The number of benzene rings is 2. The average molecular weight is 278 g/mol. The molecule has 0 saturated heterocycles. The van der Waals surface area contributed by atoms with Crippen LogP contribution < -0.4 is 5.73 Å². The van der Waals surface area contributed by atoms with Gasteiger partial charge in [-0.1, -0.05) is 48.0 Å². The number of hydrogen-bond donors (Lipinski definition) is 1. The van der Waals surface area contributed by atoms with Crippen molar-refractivity contribution in [3.05, 3.63) is 70.5 Å². The van der Waals surface area contributed by atoms with E-state index in [0.29, 0.717) is 5.02 Å². The summed E-state index contributed by atoms with van der Waals surface area (Å²) in [5.74, 6) is -0.297. The topological polar surface area (TPSA) is 26.0 Å². The van der Waals surface area contributed by atoms with Gasteiger partial charge in [0.05, 0.1) is 0 Å². The highest BCUT2D eigenvalue weighted by molar-refractivity contribution is 6.31. The molecule has 0 saturated carbocycles. The van der Waals surface area contributed by atoms with Crippen molar-refractivity contribution in [2.45, 2.75) is 25.3 Å². The predicted molar refractivity (Wildman–Crippen MR) is 77.7 cm³/mol. The molecule has 0 amide bonds. The third-order valence-corrected chi connectivity index (χ3v) is 3.56. The first-order chi connectivity index (χ1) is 9.16. The highest BCUT2D eigenvalue weighted by atomic mass is 35.5. The second-order valence-electron chi connectivity index (χ2n) is 4.65.